The van der Waals surface area contributed by atoms with Gasteiger partial charge >= 0.3 is 0 Å². The van der Waals surface area contributed by atoms with Gasteiger partial charge in [-0.1, -0.05) is 19.1 Å². The minimum atomic E-state index is -0.378. The number of benzene rings is 1. The van der Waals surface area contributed by atoms with Gasteiger partial charge in [0.1, 0.15) is 0 Å². The van der Waals surface area contributed by atoms with Gasteiger partial charge in [-0.05, 0) is 25.3 Å². The molecule has 1 aliphatic heterocycles. The third-order valence-electron chi connectivity index (χ3n) is 4.50. The molecule has 1 aromatic carbocycles. The molecule has 0 bridgehead atoms. The third-order valence-corrected chi connectivity index (χ3v) is 4.50. The highest BCUT2D eigenvalue weighted by Crippen LogP contribution is 2.18. The predicted octanol–water partition coefficient (Wildman–Crippen LogP) is 1.99. The number of hydrogen-bond donors (Lipinski definition) is 2. The van der Waals surface area contributed by atoms with Gasteiger partial charge in [-0.2, -0.15) is 0 Å². The quantitative estimate of drug-likeness (QED) is 0.373. The van der Waals surface area contributed by atoms with Gasteiger partial charge in [-0.15, -0.1) is 0 Å². The molecule has 0 aliphatic carbocycles. The zero-order valence-electron chi connectivity index (χ0n) is 14.8. The van der Waals surface area contributed by atoms with Crippen LogP contribution in [0.15, 0.2) is 29.3 Å². The van der Waals surface area contributed by atoms with E-state index in [2.05, 4.69) is 41.3 Å². The van der Waals surface area contributed by atoms with E-state index < -0.39 is 0 Å². The number of nitrogens with one attached hydrogen (secondary N) is 2. The molecular formula is C17H27N5O2. The van der Waals surface area contributed by atoms with Crippen LogP contribution in [0.1, 0.15) is 26.3 Å². The first-order valence-corrected chi connectivity index (χ1v) is 8.35. The van der Waals surface area contributed by atoms with Crippen molar-refractivity contribution in [3.63, 3.8) is 0 Å². The van der Waals surface area contributed by atoms with Gasteiger partial charge in [0.25, 0.3) is 5.69 Å². The number of nitro groups is 1. The van der Waals surface area contributed by atoms with Crippen molar-refractivity contribution < 1.29 is 4.92 Å². The van der Waals surface area contributed by atoms with Gasteiger partial charge in [-0.25, -0.2) is 0 Å². The lowest BCUT2D eigenvalue weighted by molar-refractivity contribution is -0.384. The summed E-state index contributed by atoms with van der Waals surface area (Å²) in [7, 11) is 1.74. The maximum Gasteiger partial charge on any atom is 0.269 e. The van der Waals surface area contributed by atoms with Gasteiger partial charge in [0, 0.05) is 50.9 Å². The summed E-state index contributed by atoms with van der Waals surface area (Å²) in [6, 6.07) is 7.54. The van der Waals surface area contributed by atoms with Gasteiger partial charge in [0.2, 0.25) is 0 Å². The maximum absolute atomic E-state index is 10.8. The van der Waals surface area contributed by atoms with Crippen molar-refractivity contribution in [3.8, 4) is 0 Å². The monoisotopic (exact) mass is 333 g/mol. The average molecular weight is 333 g/mol. The maximum atomic E-state index is 10.8. The second kappa shape index (κ2) is 8.10. The van der Waals surface area contributed by atoms with Crippen LogP contribution < -0.4 is 10.6 Å². The molecule has 1 aliphatic rings. The molecule has 0 amide bonds. The first-order valence-electron chi connectivity index (χ1n) is 8.35. The minimum Gasteiger partial charge on any atom is -0.352 e. The number of aliphatic imine (C=N–C) groups is 1. The van der Waals surface area contributed by atoms with Gasteiger partial charge in [0.05, 0.1) is 4.92 Å². The Morgan fingerprint density at radius 2 is 2.21 bits per heavy atom. The lowest BCUT2D eigenvalue weighted by Gasteiger charge is -2.22. The molecule has 1 aromatic rings. The average Bonchev–Trinajstić information content (AvgIpc) is 2.92. The number of non-ortho nitro benzene ring substituents is 1. The van der Waals surface area contributed by atoms with Crippen LogP contribution in [0.25, 0.3) is 0 Å². The highest BCUT2D eigenvalue weighted by Gasteiger charge is 2.31. The van der Waals surface area contributed by atoms with Crippen LogP contribution in [0.2, 0.25) is 0 Å². The number of guanidine groups is 1. The Morgan fingerprint density at radius 3 is 2.79 bits per heavy atom. The fourth-order valence-corrected chi connectivity index (χ4v) is 2.95. The Hall–Kier alpha value is -2.15. The third kappa shape index (κ3) is 4.67. The number of nitro benzene ring substituents is 1. The Balaban J connectivity index is 1.91. The second-order valence-electron chi connectivity index (χ2n) is 6.63. The molecule has 2 N–H and O–H groups in total. The Kier molecular flexibility index (Phi) is 6.14. The summed E-state index contributed by atoms with van der Waals surface area (Å²) in [4.78, 5) is 17.2. The number of likely N-dealkylation sites (tertiary alicyclic amines) is 1. The first kappa shape index (κ1) is 18.2. The van der Waals surface area contributed by atoms with Crippen LogP contribution in [-0.2, 0) is 6.54 Å². The standard InChI is InChI=1S/C17H27N5O2/c1-12(2)21-10-13(3)16(11-21)20-17(18-4)19-9-14-6-5-7-15(8-14)22(23)24/h5-8,12-13,16H,9-11H2,1-4H3,(H2,18,19,20). The van der Waals surface area contributed by atoms with Crippen molar-refractivity contribution in [2.24, 2.45) is 10.9 Å². The van der Waals surface area contributed by atoms with E-state index in [4.69, 9.17) is 0 Å². The fraction of sp³-hybridized carbons (Fsp3) is 0.588. The summed E-state index contributed by atoms with van der Waals surface area (Å²) in [5, 5.41) is 17.6. The summed E-state index contributed by atoms with van der Waals surface area (Å²) in [6.07, 6.45) is 0. The smallest absolute Gasteiger partial charge is 0.269 e. The summed E-state index contributed by atoms with van der Waals surface area (Å²) < 4.78 is 0. The van der Waals surface area contributed by atoms with E-state index in [-0.39, 0.29) is 10.6 Å². The molecule has 7 nitrogen and oxygen atoms in total. The Morgan fingerprint density at radius 1 is 1.46 bits per heavy atom. The van der Waals surface area contributed by atoms with E-state index in [1.807, 2.05) is 6.07 Å². The fourth-order valence-electron chi connectivity index (χ4n) is 2.95. The lowest BCUT2D eigenvalue weighted by Crippen LogP contribution is -2.46. The first-order chi connectivity index (χ1) is 11.4. The van der Waals surface area contributed by atoms with Crippen LogP contribution in [0.5, 0.6) is 0 Å². The molecule has 0 saturated carbocycles. The Labute approximate surface area is 143 Å². The number of hydrogen-bond acceptors (Lipinski definition) is 4. The number of nitrogens with zero attached hydrogens (tertiary/aromatic N) is 3. The zero-order chi connectivity index (χ0) is 17.7. The zero-order valence-corrected chi connectivity index (χ0v) is 14.8. The molecule has 2 rings (SSSR count). The van der Waals surface area contributed by atoms with E-state index in [9.17, 15) is 10.1 Å². The van der Waals surface area contributed by atoms with Crippen LogP contribution in [0.4, 0.5) is 5.69 Å². The van der Waals surface area contributed by atoms with Crippen LogP contribution in [0.3, 0.4) is 0 Å². The minimum absolute atomic E-state index is 0.106. The molecule has 1 heterocycles. The highest BCUT2D eigenvalue weighted by atomic mass is 16.6. The molecule has 132 valence electrons. The van der Waals surface area contributed by atoms with Gasteiger partial charge in [-0.3, -0.25) is 20.0 Å². The van der Waals surface area contributed by atoms with Crippen molar-refractivity contribution in [1.29, 1.82) is 0 Å². The van der Waals surface area contributed by atoms with Crippen LogP contribution >= 0.6 is 0 Å². The molecular weight excluding hydrogens is 306 g/mol. The number of rotatable bonds is 5. The van der Waals surface area contributed by atoms with E-state index in [1.165, 1.54) is 6.07 Å². The molecule has 1 fully saturated rings. The van der Waals surface area contributed by atoms with E-state index in [0.29, 0.717) is 24.5 Å². The highest BCUT2D eigenvalue weighted by molar-refractivity contribution is 5.80. The van der Waals surface area contributed by atoms with Crippen molar-refractivity contribution in [2.45, 2.75) is 39.4 Å². The van der Waals surface area contributed by atoms with Crippen molar-refractivity contribution in [2.75, 3.05) is 20.1 Å². The molecule has 2 atom stereocenters. The van der Waals surface area contributed by atoms with Crippen molar-refractivity contribution in [3.05, 3.63) is 39.9 Å². The van der Waals surface area contributed by atoms with Gasteiger partial charge < -0.3 is 10.6 Å². The van der Waals surface area contributed by atoms with E-state index in [1.54, 1.807) is 19.2 Å². The predicted molar refractivity (Wildman–Crippen MR) is 96.1 cm³/mol. The summed E-state index contributed by atoms with van der Waals surface area (Å²) >= 11 is 0. The normalized spacial score (nSPS) is 22.0. The molecule has 1 saturated heterocycles. The van der Waals surface area contributed by atoms with Crippen LogP contribution in [-0.4, -0.2) is 48.0 Å². The van der Waals surface area contributed by atoms with Crippen molar-refractivity contribution in [1.82, 2.24) is 15.5 Å². The topological polar surface area (TPSA) is 82.8 Å². The Bertz CT molecular complexity index is 602. The SMILES string of the molecule is CN=C(NCc1cccc([N+](=O)[O-])c1)NC1CN(C(C)C)CC1C. The van der Waals surface area contributed by atoms with Gasteiger partial charge in [0.15, 0.2) is 5.96 Å². The summed E-state index contributed by atoms with van der Waals surface area (Å²) in [5.41, 5.74) is 0.963. The van der Waals surface area contributed by atoms with E-state index >= 15 is 0 Å². The summed E-state index contributed by atoms with van der Waals surface area (Å²) in [5.74, 6) is 1.27. The van der Waals surface area contributed by atoms with Crippen molar-refractivity contribution >= 4 is 11.6 Å². The largest absolute Gasteiger partial charge is 0.352 e. The molecule has 24 heavy (non-hydrogen) atoms. The molecule has 0 aromatic heterocycles. The van der Waals surface area contributed by atoms with E-state index in [0.717, 1.165) is 24.6 Å². The molecule has 0 radical (unpaired) electrons. The molecule has 7 heteroatoms. The lowest BCUT2D eigenvalue weighted by atomic mass is 10.1. The molecule has 0 spiro atoms. The van der Waals surface area contributed by atoms with Crippen LogP contribution in [0, 0.1) is 16.0 Å². The summed E-state index contributed by atoms with van der Waals surface area (Å²) in [6.45, 7) is 9.24. The molecule has 2 unspecified atom stereocenters. The second-order valence-corrected chi connectivity index (χ2v) is 6.63.